The summed E-state index contributed by atoms with van der Waals surface area (Å²) in [5, 5.41) is 4.85. The molecule has 1 aromatic rings. The molecule has 0 aromatic heterocycles. The molecule has 1 atom stereocenters. The smallest absolute Gasteiger partial charge is 0.408 e. The van der Waals surface area contributed by atoms with E-state index >= 15 is 0 Å². The topological polar surface area (TPSA) is 93.7 Å². The summed E-state index contributed by atoms with van der Waals surface area (Å²) >= 11 is 0. The molecule has 0 spiro atoms. The maximum Gasteiger partial charge on any atom is 0.408 e. The van der Waals surface area contributed by atoms with Crippen LogP contribution in [0.3, 0.4) is 0 Å². The van der Waals surface area contributed by atoms with Gasteiger partial charge in [0.25, 0.3) is 0 Å². The quantitative estimate of drug-likeness (QED) is 0.619. The van der Waals surface area contributed by atoms with Crippen LogP contribution in [-0.2, 0) is 14.3 Å². The summed E-state index contributed by atoms with van der Waals surface area (Å²) < 4.78 is 10.4. The number of ether oxygens (including phenoxy) is 2. The average Bonchev–Trinajstić information content (AvgIpc) is 2.46. The van der Waals surface area contributed by atoms with Crippen LogP contribution in [0.4, 0.5) is 4.79 Å². The van der Waals surface area contributed by atoms with Gasteiger partial charge in [-0.25, -0.2) is 9.59 Å². The number of rotatable bonds is 5. The minimum absolute atomic E-state index is 0.300. The highest BCUT2D eigenvalue weighted by Gasteiger charge is 2.21. The zero-order valence-electron chi connectivity index (χ0n) is 16.5. The maximum atomic E-state index is 12.0. The molecule has 0 bridgehead atoms. The molecule has 2 amide bonds. The van der Waals surface area contributed by atoms with Crippen molar-refractivity contribution in [3.05, 3.63) is 28.8 Å². The molecule has 0 heterocycles. The largest absolute Gasteiger partial charge is 0.444 e. The van der Waals surface area contributed by atoms with Gasteiger partial charge in [0.15, 0.2) is 0 Å². The predicted octanol–water partition coefficient (Wildman–Crippen LogP) is 2.55. The normalized spacial score (nSPS) is 12.1. The zero-order chi connectivity index (χ0) is 20.1. The van der Waals surface area contributed by atoms with Crippen LogP contribution < -0.4 is 15.4 Å². The summed E-state index contributed by atoms with van der Waals surface area (Å²) in [4.78, 5) is 35.6. The molecule has 0 saturated carbocycles. The summed E-state index contributed by atoms with van der Waals surface area (Å²) in [7, 11) is 0. The molecule has 26 heavy (non-hydrogen) atoms. The molecular formula is C19H28N2O5. The molecule has 7 heteroatoms. The van der Waals surface area contributed by atoms with E-state index in [4.69, 9.17) is 9.47 Å². The molecule has 0 aliphatic carbocycles. The lowest BCUT2D eigenvalue weighted by atomic mass is 10.1. The monoisotopic (exact) mass is 364 g/mol. The number of benzene rings is 1. The van der Waals surface area contributed by atoms with Crippen LogP contribution in [0.2, 0.25) is 0 Å². The molecule has 0 aliphatic rings. The fourth-order valence-electron chi connectivity index (χ4n) is 2.34. The van der Waals surface area contributed by atoms with Gasteiger partial charge in [-0.15, -0.1) is 0 Å². The minimum Gasteiger partial charge on any atom is -0.444 e. The number of esters is 1. The highest BCUT2D eigenvalue weighted by Crippen LogP contribution is 2.24. The summed E-state index contributed by atoms with van der Waals surface area (Å²) in [6.45, 7) is 12.0. The Hall–Kier alpha value is -2.57. The molecule has 0 unspecified atom stereocenters. The SMILES string of the molecule is Cc1cc(C)c(OC(=O)CNC(=O)[C@@H](C)NC(=O)OC(C)(C)C)c(C)c1. The number of carbonyl (C=O) groups is 3. The Kier molecular flexibility index (Phi) is 7.18. The van der Waals surface area contributed by atoms with Gasteiger partial charge in [0.1, 0.15) is 23.9 Å². The third kappa shape index (κ3) is 7.13. The Labute approximate surface area is 154 Å². The van der Waals surface area contributed by atoms with Crippen molar-refractivity contribution < 1.29 is 23.9 Å². The van der Waals surface area contributed by atoms with Crippen molar-refractivity contribution in [2.45, 2.75) is 60.1 Å². The lowest BCUT2D eigenvalue weighted by Gasteiger charge is -2.21. The van der Waals surface area contributed by atoms with E-state index in [1.54, 1.807) is 20.8 Å². The number of aryl methyl sites for hydroxylation is 3. The molecule has 144 valence electrons. The molecule has 7 nitrogen and oxygen atoms in total. The second-order valence-corrected chi connectivity index (χ2v) is 7.29. The van der Waals surface area contributed by atoms with Gasteiger partial charge in [0.05, 0.1) is 0 Å². The highest BCUT2D eigenvalue weighted by atomic mass is 16.6. The van der Waals surface area contributed by atoms with Crippen LogP contribution in [0, 0.1) is 20.8 Å². The first kappa shape index (κ1) is 21.5. The Morgan fingerprint density at radius 1 is 1.08 bits per heavy atom. The van der Waals surface area contributed by atoms with Gasteiger partial charge in [-0.3, -0.25) is 4.79 Å². The molecule has 1 rings (SSSR count). The minimum atomic E-state index is -0.847. The van der Waals surface area contributed by atoms with E-state index in [1.165, 1.54) is 6.92 Å². The van der Waals surface area contributed by atoms with Crippen LogP contribution in [0.5, 0.6) is 5.75 Å². The van der Waals surface area contributed by atoms with Crippen molar-refractivity contribution in [1.82, 2.24) is 10.6 Å². The first-order valence-corrected chi connectivity index (χ1v) is 8.45. The van der Waals surface area contributed by atoms with Crippen molar-refractivity contribution >= 4 is 18.0 Å². The maximum absolute atomic E-state index is 12.0. The number of hydrogen-bond acceptors (Lipinski definition) is 5. The van der Waals surface area contributed by atoms with E-state index in [0.29, 0.717) is 5.75 Å². The van der Waals surface area contributed by atoms with Gasteiger partial charge in [-0.2, -0.15) is 0 Å². The predicted molar refractivity (Wildman–Crippen MR) is 98.1 cm³/mol. The van der Waals surface area contributed by atoms with Gasteiger partial charge < -0.3 is 20.1 Å². The molecule has 0 saturated heterocycles. The van der Waals surface area contributed by atoms with Gasteiger partial charge in [-0.1, -0.05) is 17.7 Å². The van der Waals surface area contributed by atoms with Gasteiger partial charge in [0.2, 0.25) is 5.91 Å². The van der Waals surface area contributed by atoms with E-state index in [-0.39, 0.29) is 6.54 Å². The number of nitrogens with one attached hydrogen (secondary N) is 2. The van der Waals surface area contributed by atoms with Gasteiger partial charge in [-0.05, 0) is 59.6 Å². The average molecular weight is 364 g/mol. The van der Waals surface area contributed by atoms with Crippen LogP contribution in [0.25, 0.3) is 0 Å². The van der Waals surface area contributed by atoms with Gasteiger partial charge >= 0.3 is 12.1 Å². The molecule has 2 N–H and O–H groups in total. The van der Waals surface area contributed by atoms with Crippen molar-refractivity contribution in [1.29, 1.82) is 0 Å². The first-order valence-electron chi connectivity index (χ1n) is 8.45. The van der Waals surface area contributed by atoms with Crippen molar-refractivity contribution in [2.24, 2.45) is 0 Å². The van der Waals surface area contributed by atoms with Crippen LogP contribution in [-0.4, -0.2) is 36.2 Å². The zero-order valence-corrected chi connectivity index (χ0v) is 16.5. The summed E-state index contributed by atoms with van der Waals surface area (Å²) in [6, 6.07) is 2.99. The molecule has 0 fully saturated rings. The van der Waals surface area contributed by atoms with E-state index in [0.717, 1.165) is 16.7 Å². The second kappa shape index (κ2) is 8.69. The summed E-state index contributed by atoms with van der Waals surface area (Å²) in [5.74, 6) is -0.599. The number of alkyl carbamates (subject to hydrolysis) is 1. The fourth-order valence-corrected chi connectivity index (χ4v) is 2.34. The summed E-state index contributed by atoms with van der Waals surface area (Å²) in [6.07, 6.45) is -0.700. The Balaban J connectivity index is 2.52. The van der Waals surface area contributed by atoms with Gasteiger partial charge in [0, 0.05) is 0 Å². The van der Waals surface area contributed by atoms with Crippen LogP contribution in [0.15, 0.2) is 12.1 Å². The third-order valence-electron chi connectivity index (χ3n) is 3.35. The fraction of sp³-hybridized carbons (Fsp3) is 0.526. The molecule has 0 radical (unpaired) electrons. The molecule has 1 aromatic carbocycles. The van der Waals surface area contributed by atoms with E-state index in [2.05, 4.69) is 10.6 Å². The molecular weight excluding hydrogens is 336 g/mol. The Bertz CT molecular complexity index is 669. The lowest BCUT2D eigenvalue weighted by Crippen LogP contribution is -2.47. The molecule has 0 aliphatic heterocycles. The third-order valence-corrected chi connectivity index (χ3v) is 3.35. The number of amides is 2. The Morgan fingerprint density at radius 3 is 2.12 bits per heavy atom. The van der Waals surface area contributed by atoms with Crippen LogP contribution >= 0.6 is 0 Å². The highest BCUT2D eigenvalue weighted by molar-refractivity contribution is 5.88. The van der Waals surface area contributed by atoms with Crippen molar-refractivity contribution in [2.75, 3.05) is 6.54 Å². The standard InChI is InChI=1S/C19H28N2O5/c1-11-8-12(2)16(13(3)9-11)25-15(22)10-20-17(23)14(4)21-18(24)26-19(5,6)7/h8-9,14H,10H2,1-7H3,(H,20,23)(H,21,24)/t14-/m1/s1. The van der Waals surface area contributed by atoms with E-state index < -0.39 is 29.6 Å². The van der Waals surface area contributed by atoms with E-state index in [1.807, 2.05) is 32.9 Å². The second-order valence-electron chi connectivity index (χ2n) is 7.29. The summed E-state index contributed by atoms with van der Waals surface area (Å²) in [5.41, 5.74) is 2.12. The van der Waals surface area contributed by atoms with Crippen LogP contribution in [0.1, 0.15) is 44.4 Å². The number of hydrogen-bond donors (Lipinski definition) is 2. The first-order chi connectivity index (χ1) is 11.9. The Morgan fingerprint density at radius 2 is 1.62 bits per heavy atom. The number of carbonyl (C=O) groups excluding carboxylic acids is 3. The lowest BCUT2D eigenvalue weighted by molar-refractivity contribution is -0.135. The van der Waals surface area contributed by atoms with Crippen molar-refractivity contribution in [3.8, 4) is 5.75 Å². The van der Waals surface area contributed by atoms with Crippen molar-refractivity contribution in [3.63, 3.8) is 0 Å². The van der Waals surface area contributed by atoms with E-state index in [9.17, 15) is 14.4 Å².